The van der Waals surface area contributed by atoms with Crippen LogP contribution in [-0.2, 0) is 14.3 Å². The summed E-state index contributed by atoms with van der Waals surface area (Å²) < 4.78 is 5.45. The number of anilines is 3. The fourth-order valence-corrected chi connectivity index (χ4v) is 4.07. The number of morpholine rings is 1. The van der Waals surface area contributed by atoms with Crippen LogP contribution < -0.4 is 15.1 Å². The SMILES string of the molecule is Cc1ccc(NC(=O)C2CC(=O)N(c3ccccc3N3CCOCC3)C2)c(C)c1. The van der Waals surface area contributed by atoms with Crippen LogP contribution in [-0.4, -0.2) is 44.7 Å². The summed E-state index contributed by atoms with van der Waals surface area (Å²) in [5.41, 5.74) is 4.89. The maximum atomic E-state index is 12.8. The van der Waals surface area contributed by atoms with Crippen LogP contribution in [0.25, 0.3) is 0 Å². The predicted octanol–water partition coefficient (Wildman–Crippen LogP) is 3.13. The number of rotatable bonds is 4. The van der Waals surface area contributed by atoms with Gasteiger partial charge in [-0.15, -0.1) is 0 Å². The highest BCUT2D eigenvalue weighted by atomic mass is 16.5. The van der Waals surface area contributed by atoms with E-state index in [0.29, 0.717) is 19.8 Å². The third-order valence-electron chi connectivity index (χ3n) is 5.66. The highest BCUT2D eigenvalue weighted by molar-refractivity contribution is 6.05. The predicted molar refractivity (Wildman–Crippen MR) is 114 cm³/mol. The molecule has 29 heavy (non-hydrogen) atoms. The van der Waals surface area contributed by atoms with E-state index < -0.39 is 0 Å². The molecule has 2 amide bonds. The number of nitrogens with one attached hydrogen (secondary N) is 1. The van der Waals surface area contributed by atoms with Crippen molar-refractivity contribution < 1.29 is 14.3 Å². The summed E-state index contributed by atoms with van der Waals surface area (Å²) in [5, 5.41) is 3.01. The molecule has 4 rings (SSSR count). The molecule has 1 unspecified atom stereocenters. The maximum absolute atomic E-state index is 12.8. The highest BCUT2D eigenvalue weighted by Crippen LogP contribution is 2.34. The molecule has 152 valence electrons. The Labute approximate surface area is 171 Å². The second kappa shape index (κ2) is 8.25. The third kappa shape index (κ3) is 4.12. The van der Waals surface area contributed by atoms with Gasteiger partial charge in [0.2, 0.25) is 11.8 Å². The first kappa shape index (κ1) is 19.5. The van der Waals surface area contributed by atoms with Crippen molar-refractivity contribution in [2.24, 2.45) is 5.92 Å². The number of para-hydroxylation sites is 2. The first-order chi connectivity index (χ1) is 14.0. The topological polar surface area (TPSA) is 61.9 Å². The van der Waals surface area contributed by atoms with E-state index in [4.69, 9.17) is 4.74 Å². The fourth-order valence-electron chi connectivity index (χ4n) is 4.07. The second-order valence-corrected chi connectivity index (χ2v) is 7.80. The van der Waals surface area contributed by atoms with Gasteiger partial charge >= 0.3 is 0 Å². The van der Waals surface area contributed by atoms with E-state index in [9.17, 15) is 9.59 Å². The van der Waals surface area contributed by atoms with E-state index >= 15 is 0 Å². The highest BCUT2D eigenvalue weighted by Gasteiger charge is 2.36. The molecule has 1 atom stereocenters. The number of hydrogen-bond donors (Lipinski definition) is 1. The summed E-state index contributed by atoms with van der Waals surface area (Å²) >= 11 is 0. The molecule has 2 fully saturated rings. The molecule has 1 N–H and O–H groups in total. The normalized spacial score (nSPS) is 19.5. The zero-order chi connectivity index (χ0) is 20.4. The fraction of sp³-hybridized carbons (Fsp3) is 0.391. The first-order valence-electron chi connectivity index (χ1n) is 10.1. The van der Waals surface area contributed by atoms with Gasteiger partial charge in [-0.25, -0.2) is 0 Å². The maximum Gasteiger partial charge on any atom is 0.229 e. The van der Waals surface area contributed by atoms with Crippen molar-refractivity contribution in [3.63, 3.8) is 0 Å². The lowest BCUT2D eigenvalue weighted by atomic mass is 10.1. The number of carbonyl (C=O) groups is 2. The Morgan fingerprint density at radius 2 is 1.79 bits per heavy atom. The molecule has 2 aliphatic rings. The van der Waals surface area contributed by atoms with Crippen LogP contribution in [0, 0.1) is 19.8 Å². The number of ether oxygens (including phenoxy) is 1. The monoisotopic (exact) mass is 393 g/mol. The average Bonchev–Trinajstić information content (AvgIpc) is 3.12. The van der Waals surface area contributed by atoms with Gasteiger partial charge in [0.1, 0.15) is 0 Å². The van der Waals surface area contributed by atoms with Crippen molar-refractivity contribution >= 4 is 28.9 Å². The minimum Gasteiger partial charge on any atom is -0.378 e. The largest absolute Gasteiger partial charge is 0.378 e. The summed E-state index contributed by atoms with van der Waals surface area (Å²) in [5.74, 6) is -0.468. The standard InChI is InChI=1S/C23H27N3O3/c1-16-7-8-19(17(2)13-16)24-23(28)18-14-22(27)26(15-18)21-6-4-3-5-20(21)25-9-11-29-12-10-25/h3-8,13,18H,9-12,14-15H2,1-2H3,(H,24,28). The number of aryl methyl sites for hydroxylation is 2. The van der Waals surface area contributed by atoms with Crippen LogP contribution in [0.5, 0.6) is 0 Å². The Kier molecular flexibility index (Phi) is 5.53. The van der Waals surface area contributed by atoms with Crippen LogP contribution >= 0.6 is 0 Å². The molecule has 2 aromatic rings. The van der Waals surface area contributed by atoms with E-state index in [0.717, 1.165) is 41.3 Å². The molecule has 0 aliphatic carbocycles. The van der Waals surface area contributed by atoms with Gasteiger partial charge in [0.25, 0.3) is 0 Å². The quantitative estimate of drug-likeness (QED) is 0.867. The van der Waals surface area contributed by atoms with Gasteiger partial charge in [0.15, 0.2) is 0 Å². The molecule has 0 aromatic heterocycles. The van der Waals surface area contributed by atoms with Crippen molar-refractivity contribution in [3.05, 3.63) is 53.6 Å². The molecule has 2 saturated heterocycles. The summed E-state index contributed by atoms with van der Waals surface area (Å²) in [6.07, 6.45) is 0.230. The van der Waals surface area contributed by atoms with Crippen LogP contribution in [0.3, 0.4) is 0 Å². The van der Waals surface area contributed by atoms with Crippen molar-refractivity contribution in [1.82, 2.24) is 0 Å². The van der Waals surface area contributed by atoms with Crippen LogP contribution in [0.2, 0.25) is 0 Å². The summed E-state index contributed by atoms with van der Waals surface area (Å²) in [4.78, 5) is 29.6. The number of benzene rings is 2. The molecule has 0 radical (unpaired) electrons. The molecule has 0 bridgehead atoms. The van der Waals surface area contributed by atoms with Gasteiger partial charge in [-0.2, -0.15) is 0 Å². The van der Waals surface area contributed by atoms with Gasteiger partial charge in [-0.05, 0) is 37.6 Å². The van der Waals surface area contributed by atoms with Crippen molar-refractivity contribution in [2.45, 2.75) is 20.3 Å². The Morgan fingerprint density at radius 3 is 2.52 bits per heavy atom. The van der Waals surface area contributed by atoms with Crippen LogP contribution in [0.1, 0.15) is 17.5 Å². The number of carbonyl (C=O) groups excluding carboxylic acids is 2. The van der Waals surface area contributed by atoms with Crippen molar-refractivity contribution in [3.8, 4) is 0 Å². The van der Waals surface area contributed by atoms with Gasteiger partial charge in [-0.3, -0.25) is 9.59 Å². The molecule has 6 nitrogen and oxygen atoms in total. The van der Waals surface area contributed by atoms with Gasteiger partial charge in [0, 0.05) is 31.7 Å². The minimum atomic E-state index is -0.360. The van der Waals surface area contributed by atoms with Crippen molar-refractivity contribution in [2.75, 3.05) is 48.0 Å². The van der Waals surface area contributed by atoms with E-state index in [2.05, 4.69) is 10.2 Å². The van der Waals surface area contributed by atoms with Gasteiger partial charge < -0.3 is 19.9 Å². The summed E-state index contributed by atoms with van der Waals surface area (Å²) in [7, 11) is 0. The van der Waals surface area contributed by atoms with Gasteiger partial charge in [-0.1, -0.05) is 29.8 Å². The Morgan fingerprint density at radius 1 is 1.07 bits per heavy atom. The molecule has 2 aromatic carbocycles. The average molecular weight is 393 g/mol. The lowest BCUT2D eigenvalue weighted by Gasteiger charge is -2.32. The molecule has 6 heteroatoms. The molecular weight excluding hydrogens is 366 g/mol. The minimum absolute atomic E-state index is 0.00788. The number of hydrogen-bond acceptors (Lipinski definition) is 4. The lowest BCUT2D eigenvalue weighted by molar-refractivity contribution is -0.122. The smallest absolute Gasteiger partial charge is 0.229 e. The molecule has 2 aliphatic heterocycles. The van der Waals surface area contributed by atoms with E-state index in [-0.39, 0.29) is 24.2 Å². The Balaban J connectivity index is 1.50. The zero-order valence-corrected chi connectivity index (χ0v) is 17.0. The summed E-state index contributed by atoms with van der Waals surface area (Å²) in [6, 6.07) is 13.9. The van der Waals surface area contributed by atoms with Crippen LogP contribution in [0.4, 0.5) is 17.1 Å². The number of amides is 2. The molecular formula is C23H27N3O3. The Hall–Kier alpha value is -2.86. The van der Waals surface area contributed by atoms with E-state index in [1.807, 2.05) is 56.3 Å². The lowest BCUT2D eigenvalue weighted by Crippen LogP contribution is -2.38. The third-order valence-corrected chi connectivity index (χ3v) is 5.66. The van der Waals surface area contributed by atoms with E-state index in [1.54, 1.807) is 4.90 Å². The Bertz CT molecular complexity index is 921. The molecule has 0 spiro atoms. The summed E-state index contributed by atoms with van der Waals surface area (Å²) in [6.45, 7) is 7.37. The first-order valence-corrected chi connectivity index (χ1v) is 10.1. The molecule has 0 saturated carbocycles. The second-order valence-electron chi connectivity index (χ2n) is 7.80. The zero-order valence-electron chi connectivity index (χ0n) is 17.0. The van der Waals surface area contributed by atoms with Crippen LogP contribution in [0.15, 0.2) is 42.5 Å². The van der Waals surface area contributed by atoms with Gasteiger partial charge in [0.05, 0.1) is 30.5 Å². The van der Waals surface area contributed by atoms with Crippen molar-refractivity contribution in [1.29, 1.82) is 0 Å². The molecule has 2 heterocycles. The number of nitrogens with zero attached hydrogens (tertiary/aromatic N) is 2. The van der Waals surface area contributed by atoms with E-state index in [1.165, 1.54) is 0 Å².